The van der Waals surface area contributed by atoms with Crippen LogP contribution in [0, 0.1) is 6.92 Å². The summed E-state index contributed by atoms with van der Waals surface area (Å²) in [6.07, 6.45) is 2.88. The lowest BCUT2D eigenvalue weighted by molar-refractivity contribution is 0.211. The van der Waals surface area contributed by atoms with Crippen LogP contribution in [0.2, 0.25) is 0 Å². The summed E-state index contributed by atoms with van der Waals surface area (Å²) >= 11 is 0. The molecule has 80 valence electrons. The highest BCUT2D eigenvalue weighted by Gasteiger charge is 2.11. The minimum atomic E-state index is 0.178. The third kappa shape index (κ3) is 1.79. The van der Waals surface area contributed by atoms with E-state index in [0.717, 1.165) is 23.0 Å². The summed E-state index contributed by atoms with van der Waals surface area (Å²) in [5.41, 5.74) is 1.90. The number of nitrogens with zero attached hydrogens (tertiary/aromatic N) is 2. The first-order valence-electron chi connectivity index (χ1n) is 5.18. The molecule has 2 heterocycles. The van der Waals surface area contributed by atoms with Gasteiger partial charge in [0.25, 0.3) is 0 Å². The Bertz CT molecular complexity index is 464. The molecule has 2 aromatic rings. The number of aromatic amines is 1. The molecule has 0 amide bonds. The first-order chi connectivity index (χ1) is 7.22. The molecule has 0 spiro atoms. The van der Waals surface area contributed by atoms with E-state index in [-0.39, 0.29) is 6.10 Å². The van der Waals surface area contributed by atoms with Crippen LogP contribution < -0.4 is 4.74 Å². The Balaban J connectivity index is 2.45. The van der Waals surface area contributed by atoms with Gasteiger partial charge in [-0.1, -0.05) is 6.92 Å². The van der Waals surface area contributed by atoms with Gasteiger partial charge in [-0.3, -0.25) is 5.10 Å². The van der Waals surface area contributed by atoms with Gasteiger partial charge in [0, 0.05) is 6.20 Å². The van der Waals surface area contributed by atoms with Crippen molar-refractivity contribution in [2.75, 3.05) is 0 Å². The lowest BCUT2D eigenvalue weighted by Gasteiger charge is -2.11. The van der Waals surface area contributed by atoms with Crippen LogP contribution in [0.3, 0.4) is 0 Å². The van der Waals surface area contributed by atoms with Crippen LogP contribution in [0.1, 0.15) is 26.0 Å². The third-order valence-corrected chi connectivity index (χ3v) is 2.51. The van der Waals surface area contributed by atoms with E-state index in [9.17, 15) is 0 Å². The zero-order valence-electron chi connectivity index (χ0n) is 9.24. The Morgan fingerprint density at radius 3 is 3.07 bits per heavy atom. The Morgan fingerprint density at radius 1 is 1.53 bits per heavy atom. The molecule has 4 heteroatoms. The van der Waals surface area contributed by atoms with E-state index >= 15 is 0 Å². The highest BCUT2D eigenvalue weighted by molar-refractivity contribution is 5.85. The van der Waals surface area contributed by atoms with E-state index < -0.39 is 0 Å². The van der Waals surface area contributed by atoms with E-state index in [1.807, 2.05) is 19.9 Å². The fourth-order valence-corrected chi connectivity index (χ4v) is 1.45. The molecule has 2 aromatic heterocycles. The predicted molar refractivity (Wildman–Crippen MR) is 59.0 cm³/mol. The van der Waals surface area contributed by atoms with Crippen LogP contribution in [0.5, 0.6) is 5.88 Å². The van der Waals surface area contributed by atoms with Crippen LogP contribution in [0.25, 0.3) is 10.9 Å². The largest absolute Gasteiger partial charge is 0.474 e. The normalized spacial score (nSPS) is 13.0. The summed E-state index contributed by atoms with van der Waals surface area (Å²) < 4.78 is 5.74. The maximum atomic E-state index is 5.74. The molecule has 1 atom stereocenters. The Labute approximate surface area is 88.7 Å². The Hall–Kier alpha value is -1.58. The molecule has 0 bridgehead atoms. The number of nitrogens with one attached hydrogen (secondary N) is 1. The molecule has 0 radical (unpaired) electrons. The predicted octanol–water partition coefficient (Wildman–Crippen LogP) is 2.44. The number of H-pyrrole nitrogens is 1. The second kappa shape index (κ2) is 3.88. The summed E-state index contributed by atoms with van der Waals surface area (Å²) in [4.78, 5) is 4.25. The first kappa shape index (κ1) is 9.96. The SMILES string of the molecule is CCC(C)Oc1nccc2[nH]nc(C)c12. The van der Waals surface area contributed by atoms with Crippen molar-refractivity contribution >= 4 is 10.9 Å². The van der Waals surface area contributed by atoms with E-state index in [1.54, 1.807) is 6.20 Å². The van der Waals surface area contributed by atoms with Crippen molar-refractivity contribution in [1.82, 2.24) is 15.2 Å². The van der Waals surface area contributed by atoms with Gasteiger partial charge in [0.15, 0.2) is 0 Å². The third-order valence-electron chi connectivity index (χ3n) is 2.51. The molecule has 1 unspecified atom stereocenters. The molecule has 0 aliphatic carbocycles. The lowest BCUT2D eigenvalue weighted by Crippen LogP contribution is -2.10. The van der Waals surface area contributed by atoms with Gasteiger partial charge in [-0.2, -0.15) is 5.10 Å². The van der Waals surface area contributed by atoms with Gasteiger partial charge in [0.1, 0.15) is 0 Å². The Morgan fingerprint density at radius 2 is 2.33 bits per heavy atom. The summed E-state index contributed by atoms with van der Waals surface area (Å²) in [6.45, 7) is 6.08. The molecule has 1 N–H and O–H groups in total. The van der Waals surface area contributed by atoms with E-state index in [1.165, 1.54) is 0 Å². The molecule has 15 heavy (non-hydrogen) atoms. The molecular weight excluding hydrogens is 190 g/mol. The van der Waals surface area contributed by atoms with E-state index in [2.05, 4.69) is 22.1 Å². The highest BCUT2D eigenvalue weighted by Crippen LogP contribution is 2.25. The molecule has 0 aromatic carbocycles. The first-order valence-corrected chi connectivity index (χ1v) is 5.18. The van der Waals surface area contributed by atoms with Crippen molar-refractivity contribution in [3.8, 4) is 5.88 Å². The number of hydrogen-bond donors (Lipinski definition) is 1. The van der Waals surface area contributed by atoms with E-state index in [4.69, 9.17) is 4.74 Å². The zero-order chi connectivity index (χ0) is 10.8. The minimum absolute atomic E-state index is 0.178. The monoisotopic (exact) mass is 205 g/mol. The second-order valence-corrected chi connectivity index (χ2v) is 3.68. The Kier molecular flexibility index (Phi) is 2.58. The fourth-order valence-electron chi connectivity index (χ4n) is 1.45. The van der Waals surface area contributed by atoms with Gasteiger partial charge in [0.2, 0.25) is 5.88 Å². The number of rotatable bonds is 3. The second-order valence-electron chi connectivity index (χ2n) is 3.68. The van der Waals surface area contributed by atoms with Crippen molar-refractivity contribution < 1.29 is 4.74 Å². The van der Waals surface area contributed by atoms with Gasteiger partial charge in [0.05, 0.1) is 22.7 Å². The van der Waals surface area contributed by atoms with Gasteiger partial charge < -0.3 is 4.74 Å². The minimum Gasteiger partial charge on any atom is -0.474 e. The summed E-state index contributed by atoms with van der Waals surface area (Å²) in [5.74, 6) is 0.674. The van der Waals surface area contributed by atoms with Crippen LogP contribution in [-0.4, -0.2) is 21.3 Å². The molecule has 0 aliphatic heterocycles. The number of aryl methyl sites for hydroxylation is 1. The molecule has 4 nitrogen and oxygen atoms in total. The average Bonchev–Trinajstić information content (AvgIpc) is 2.61. The van der Waals surface area contributed by atoms with Crippen molar-refractivity contribution in [2.45, 2.75) is 33.3 Å². The van der Waals surface area contributed by atoms with Crippen molar-refractivity contribution in [2.24, 2.45) is 0 Å². The summed E-state index contributed by atoms with van der Waals surface area (Å²) in [5, 5.41) is 8.08. The van der Waals surface area contributed by atoms with Gasteiger partial charge >= 0.3 is 0 Å². The van der Waals surface area contributed by atoms with Crippen LogP contribution >= 0.6 is 0 Å². The van der Waals surface area contributed by atoms with Crippen LogP contribution in [0.15, 0.2) is 12.3 Å². The standard InChI is InChI=1S/C11H15N3O/c1-4-7(2)15-11-10-8(3)13-14-9(10)5-6-12-11/h5-7H,4H2,1-3H3,(H,13,14). The molecular formula is C11H15N3O. The highest BCUT2D eigenvalue weighted by atomic mass is 16.5. The number of hydrogen-bond acceptors (Lipinski definition) is 3. The maximum absolute atomic E-state index is 5.74. The zero-order valence-corrected chi connectivity index (χ0v) is 9.24. The topological polar surface area (TPSA) is 50.8 Å². The number of aromatic nitrogens is 3. The molecule has 0 saturated carbocycles. The summed E-state index contributed by atoms with van der Waals surface area (Å²) in [6, 6.07) is 1.90. The average molecular weight is 205 g/mol. The van der Waals surface area contributed by atoms with Gasteiger partial charge in [-0.15, -0.1) is 0 Å². The number of fused-ring (bicyclic) bond motifs is 1. The number of pyridine rings is 1. The molecule has 2 rings (SSSR count). The number of ether oxygens (including phenoxy) is 1. The van der Waals surface area contributed by atoms with Crippen LogP contribution in [0.4, 0.5) is 0 Å². The van der Waals surface area contributed by atoms with Crippen molar-refractivity contribution in [3.05, 3.63) is 18.0 Å². The smallest absolute Gasteiger partial charge is 0.225 e. The summed E-state index contributed by atoms with van der Waals surface area (Å²) in [7, 11) is 0. The van der Waals surface area contributed by atoms with Crippen LogP contribution in [-0.2, 0) is 0 Å². The molecule has 0 aliphatic rings. The van der Waals surface area contributed by atoms with Crippen molar-refractivity contribution in [1.29, 1.82) is 0 Å². The van der Waals surface area contributed by atoms with E-state index in [0.29, 0.717) is 5.88 Å². The fraction of sp³-hybridized carbons (Fsp3) is 0.455. The maximum Gasteiger partial charge on any atom is 0.225 e. The van der Waals surface area contributed by atoms with Crippen molar-refractivity contribution in [3.63, 3.8) is 0 Å². The van der Waals surface area contributed by atoms with Gasteiger partial charge in [-0.25, -0.2) is 4.98 Å². The lowest BCUT2D eigenvalue weighted by atomic mass is 10.2. The molecule has 0 fully saturated rings. The van der Waals surface area contributed by atoms with Gasteiger partial charge in [-0.05, 0) is 26.3 Å². The quantitative estimate of drug-likeness (QED) is 0.837. The molecule has 0 saturated heterocycles.